The van der Waals surface area contributed by atoms with Gasteiger partial charge in [0.1, 0.15) is 5.75 Å². The Labute approximate surface area is 134 Å². The topological polar surface area (TPSA) is 55.8 Å². The molecule has 1 aliphatic carbocycles. The van der Waals surface area contributed by atoms with Crippen molar-refractivity contribution < 1.29 is 19.4 Å². The van der Waals surface area contributed by atoms with Gasteiger partial charge in [-0.25, -0.2) is 0 Å². The molecule has 2 aromatic carbocycles. The van der Waals surface area contributed by atoms with E-state index >= 15 is 0 Å². The molecule has 0 aromatic heterocycles. The summed E-state index contributed by atoms with van der Waals surface area (Å²) in [6.07, 6.45) is 4.14. The Morgan fingerprint density at radius 3 is 2.57 bits per heavy atom. The van der Waals surface area contributed by atoms with Crippen molar-refractivity contribution in [1.82, 2.24) is 0 Å². The van der Waals surface area contributed by atoms with Gasteiger partial charge in [-0.3, -0.25) is 4.79 Å². The van der Waals surface area contributed by atoms with Gasteiger partial charge in [0.2, 0.25) is 6.79 Å². The lowest BCUT2D eigenvalue weighted by atomic mass is 9.93. The molecule has 4 heteroatoms. The third-order valence-electron chi connectivity index (χ3n) is 4.63. The maximum absolute atomic E-state index is 12.6. The van der Waals surface area contributed by atoms with E-state index in [4.69, 9.17) is 9.47 Å². The van der Waals surface area contributed by atoms with Gasteiger partial charge in [-0.05, 0) is 54.3 Å². The standard InChI is InChI=1S/C19H18O4/c20-16-8-14(13-5-6-17-18(10-13)23-11-22-17)7-15(9-16)19(21)12-3-1-2-4-12/h5-10,12,20H,1-4,11H2. The van der Waals surface area contributed by atoms with Crippen LogP contribution in [0.15, 0.2) is 36.4 Å². The Hall–Kier alpha value is -2.49. The minimum atomic E-state index is 0.0985. The second-order valence-corrected chi connectivity index (χ2v) is 6.18. The molecule has 4 nitrogen and oxygen atoms in total. The molecule has 0 saturated heterocycles. The predicted molar refractivity (Wildman–Crippen MR) is 86.0 cm³/mol. The SMILES string of the molecule is O=C(c1cc(O)cc(-c2ccc3c(c2)OCO3)c1)C1CCCC1. The van der Waals surface area contributed by atoms with Crippen LogP contribution >= 0.6 is 0 Å². The summed E-state index contributed by atoms with van der Waals surface area (Å²) in [6, 6.07) is 10.7. The number of hydrogen-bond acceptors (Lipinski definition) is 4. The van der Waals surface area contributed by atoms with E-state index in [-0.39, 0.29) is 24.2 Å². The van der Waals surface area contributed by atoms with Crippen molar-refractivity contribution in [2.75, 3.05) is 6.79 Å². The molecular formula is C19H18O4. The molecule has 0 radical (unpaired) electrons. The van der Waals surface area contributed by atoms with Gasteiger partial charge in [-0.2, -0.15) is 0 Å². The summed E-state index contributed by atoms with van der Waals surface area (Å²) in [7, 11) is 0. The Bertz CT molecular complexity index is 760. The van der Waals surface area contributed by atoms with E-state index in [1.54, 1.807) is 12.1 Å². The number of phenolic OH excluding ortho intramolecular Hbond substituents is 1. The second kappa shape index (κ2) is 5.61. The molecule has 1 heterocycles. The molecule has 118 valence electrons. The molecular weight excluding hydrogens is 292 g/mol. The van der Waals surface area contributed by atoms with Gasteiger partial charge in [0.25, 0.3) is 0 Å². The largest absolute Gasteiger partial charge is 0.508 e. The number of fused-ring (bicyclic) bond motifs is 1. The van der Waals surface area contributed by atoms with E-state index in [0.29, 0.717) is 11.3 Å². The quantitative estimate of drug-likeness (QED) is 0.865. The molecule has 2 aromatic rings. The highest BCUT2D eigenvalue weighted by Gasteiger charge is 2.24. The number of phenols is 1. The summed E-state index contributed by atoms with van der Waals surface area (Å²) < 4.78 is 10.7. The fourth-order valence-electron chi connectivity index (χ4n) is 3.42. The number of carbonyl (C=O) groups excluding carboxylic acids is 1. The molecule has 1 aliphatic heterocycles. The van der Waals surface area contributed by atoms with E-state index in [2.05, 4.69) is 0 Å². The number of aromatic hydroxyl groups is 1. The van der Waals surface area contributed by atoms with E-state index in [9.17, 15) is 9.90 Å². The third-order valence-corrected chi connectivity index (χ3v) is 4.63. The van der Waals surface area contributed by atoms with Gasteiger partial charge in [0.05, 0.1) is 0 Å². The summed E-state index contributed by atoms with van der Waals surface area (Å²) in [6.45, 7) is 0.226. The minimum absolute atomic E-state index is 0.0985. The Morgan fingerprint density at radius 1 is 0.957 bits per heavy atom. The van der Waals surface area contributed by atoms with Crippen LogP contribution < -0.4 is 9.47 Å². The van der Waals surface area contributed by atoms with Crippen molar-refractivity contribution in [1.29, 1.82) is 0 Å². The number of ether oxygens (including phenoxy) is 2. The summed E-state index contributed by atoms with van der Waals surface area (Å²) in [5.41, 5.74) is 2.29. The van der Waals surface area contributed by atoms with Crippen molar-refractivity contribution in [3.8, 4) is 28.4 Å². The Kier molecular flexibility index (Phi) is 3.45. The number of rotatable bonds is 3. The summed E-state index contributed by atoms with van der Waals surface area (Å²) in [5.74, 6) is 1.76. The lowest BCUT2D eigenvalue weighted by Crippen LogP contribution is -2.10. The zero-order chi connectivity index (χ0) is 15.8. The van der Waals surface area contributed by atoms with E-state index in [1.807, 2.05) is 24.3 Å². The first kappa shape index (κ1) is 14.1. The smallest absolute Gasteiger partial charge is 0.231 e. The predicted octanol–water partition coefficient (Wildman–Crippen LogP) is 4.16. The molecule has 2 aliphatic rings. The highest BCUT2D eigenvalue weighted by molar-refractivity contribution is 5.99. The maximum atomic E-state index is 12.6. The average Bonchev–Trinajstić information content (AvgIpc) is 3.24. The van der Waals surface area contributed by atoms with Crippen LogP contribution in [0.5, 0.6) is 17.2 Å². The molecule has 4 rings (SSSR count). The van der Waals surface area contributed by atoms with Gasteiger partial charge >= 0.3 is 0 Å². The van der Waals surface area contributed by atoms with Crippen molar-refractivity contribution in [2.45, 2.75) is 25.7 Å². The van der Waals surface area contributed by atoms with Crippen molar-refractivity contribution in [3.63, 3.8) is 0 Å². The highest BCUT2D eigenvalue weighted by atomic mass is 16.7. The van der Waals surface area contributed by atoms with Crippen LogP contribution in [-0.2, 0) is 0 Å². The molecule has 0 spiro atoms. The van der Waals surface area contributed by atoms with Crippen molar-refractivity contribution in [3.05, 3.63) is 42.0 Å². The first-order chi connectivity index (χ1) is 11.2. The zero-order valence-corrected chi connectivity index (χ0v) is 12.7. The zero-order valence-electron chi connectivity index (χ0n) is 12.7. The normalized spacial score (nSPS) is 16.7. The first-order valence-electron chi connectivity index (χ1n) is 7.99. The van der Waals surface area contributed by atoms with Crippen molar-refractivity contribution in [2.24, 2.45) is 5.92 Å². The van der Waals surface area contributed by atoms with Crippen LogP contribution in [0.2, 0.25) is 0 Å². The Balaban J connectivity index is 1.70. The molecule has 0 unspecified atom stereocenters. The third kappa shape index (κ3) is 2.65. The van der Waals surface area contributed by atoms with Crippen LogP contribution in [-0.4, -0.2) is 17.7 Å². The minimum Gasteiger partial charge on any atom is -0.508 e. The molecule has 0 atom stereocenters. The molecule has 1 saturated carbocycles. The van der Waals surface area contributed by atoms with E-state index < -0.39 is 0 Å². The number of ketones is 1. The average molecular weight is 310 g/mol. The molecule has 0 bridgehead atoms. The number of benzene rings is 2. The summed E-state index contributed by atoms with van der Waals surface area (Å²) >= 11 is 0. The van der Waals surface area contributed by atoms with Crippen LogP contribution in [0.25, 0.3) is 11.1 Å². The monoisotopic (exact) mass is 310 g/mol. The number of carbonyl (C=O) groups is 1. The molecule has 1 fully saturated rings. The van der Waals surface area contributed by atoms with Gasteiger partial charge in [-0.15, -0.1) is 0 Å². The maximum Gasteiger partial charge on any atom is 0.231 e. The van der Waals surface area contributed by atoms with Crippen LogP contribution in [0.3, 0.4) is 0 Å². The van der Waals surface area contributed by atoms with Crippen LogP contribution in [0, 0.1) is 5.92 Å². The van der Waals surface area contributed by atoms with Gasteiger partial charge in [-0.1, -0.05) is 18.9 Å². The van der Waals surface area contributed by atoms with Gasteiger partial charge < -0.3 is 14.6 Å². The van der Waals surface area contributed by atoms with E-state index in [1.165, 1.54) is 0 Å². The second-order valence-electron chi connectivity index (χ2n) is 6.18. The fraction of sp³-hybridized carbons (Fsp3) is 0.316. The van der Waals surface area contributed by atoms with Crippen LogP contribution in [0.1, 0.15) is 36.0 Å². The lowest BCUT2D eigenvalue weighted by molar-refractivity contribution is 0.0922. The summed E-state index contributed by atoms with van der Waals surface area (Å²) in [5, 5.41) is 10.0. The molecule has 1 N–H and O–H groups in total. The molecule has 23 heavy (non-hydrogen) atoms. The van der Waals surface area contributed by atoms with Crippen LogP contribution in [0.4, 0.5) is 0 Å². The van der Waals surface area contributed by atoms with Gasteiger partial charge in [0, 0.05) is 11.5 Å². The van der Waals surface area contributed by atoms with E-state index in [0.717, 1.165) is 42.6 Å². The Morgan fingerprint density at radius 2 is 1.74 bits per heavy atom. The first-order valence-corrected chi connectivity index (χ1v) is 7.99. The fourth-order valence-corrected chi connectivity index (χ4v) is 3.42. The highest BCUT2D eigenvalue weighted by Crippen LogP contribution is 2.37. The molecule has 0 amide bonds. The van der Waals surface area contributed by atoms with Gasteiger partial charge in [0.15, 0.2) is 17.3 Å². The summed E-state index contributed by atoms with van der Waals surface area (Å²) in [4.78, 5) is 12.6. The van der Waals surface area contributed by atoms with Crippen molar-refractivity contribution >= 4 is 5.78 Å². The number of Topliss-reactive ketones (excluding diaryl/α,β-unsaturated/α-hetero) is 1. The lowest BCUT2D eigenvalue weighted by Gasteiger charge is -2.11. The number of hydrogen-bond donors (Lipinski definition) is 1.